The van der Waals surface area contributed by atoms with Crippen molar-refractivity contribution in [2.24, 2.45) is 0 Å². The van der Waals surface area contributed by atoms with Crippen molar-refractivity contribution < 1.29 is 9.47 Å². The standard InChI is InChI=1S/C12H17BrN2O2/c1-8-4-9(13)5-14-12(8)15-6-10(16-2)11(7-15)17-3/h4-5,10-11H,6-7H2,1-3H3. The smallest absolute Gasteiger partial charge is 0.131 e. The number of nitrogens with zero attached hydrogens (tertiary/aromatic N) is 2. The molecule has 1 aliphatic rings. The van der Waals surface area contributed by atoms with Crippen molar-refractivity contribution >= 4 is 21.7 Å². The number of hydrogen-bond donors (Lipinski definition) is 0. The first-order chi connectivity index (χ1) is 8.15. The topological polar surface area (TPSA) is 34.6 Å². The maximum absolute atomic E-state index is 5.43. The molecule has 1 aromatic heterocycles. The number of aromatic nitrogens is 1. The molecular weight excluding hydrogens is 284 g/mol. The third-order valence-corrected chi connectivity index (χ3v) is 3.57. The first-order valence-corrected chi connectivity index (χ1v) is 6.37. The summed E-state index contributed by atoms with van der Waals surface area (Å²) in [6, 6.07) is 2.07. The summed E-state index contributed by atoms with van der Waals surface area (Å²) < 4.78 is 11.9. The molecule has 0 spiro atoms. The monoisotopic (exact) mass is 300 g/mol. The molecule has 2 heterocycles. The number of anilines is 1. The number of ether oxygens (including phenoxy) is 2. The Balaban J connectivity index is 2.19. The van der Waals surface area contributed by atoms with Crippen LogP contribution in [0, 0.1) is 6.92 Å². The molecule has 0 saturated carbocycles. The average molecular weight is 301 g/mol. The number of aryl methyl sites for hydroxylation is 1. The molecule has 1 saturated heterocycles. The van der Waals surface area contributed by atoms with Gasteiger partial charge < -0.3 is 14.4 Å². The highest BCUT2D eigenvalue weighted by Gasteiger charge is 2.34. The van der Waals surface area contributed by atoms with Crippen LogP contribution >= 0.6 is 15.9 Å². The van der Waals surface area contributed by atoms with Crippen LogP contribution in [-0.4, -0.2) is 44.5 Å². The lowest BCUT2D eigenvalue weighted by atomic mass is 10.3. The normalized spacial score (nSPS) is 24.4. The van der Waals surface area contributed by atoms with Crippen molar-refractivity contribution in [3.63, 3.8) is 0 Å². The van der Waals surface area contributed by atoms with E-state index in [1.54, 1.807) is 14.2 Å². The lowest BCUT2D eigenvalue weighted by Crippen LogP contribution is -2.27. The fourth-order valence-corrected chi connectivity index (χ4v) is 2.68. The van der Waals surface area contributed by atoms with Crippen LogP contribution in [0.3, 0.4) is 0 Å². The molecule has 5 heteroatoms. The van der Waals surface area contributed by atoms with Crippen molar-refractivity contribution in [2.45, 2.75) is 19.1 Å². The third-order valence-electron chi connectivity index (χ3n) is 3.14. The molecule has 2 unspecified atom stereocenters. The van der Waals surface area contributed by atoms with Gasteiger partial charge in [0.15, 0.2) is 0 Å². The van der Waals surface area contributed by atoms with Gasteiger partial charge in [0.05, 0.1) is 0 Å². The van der Waals surface area contributed by atoms with Crippen LogP contribution in [0.2, 0.25) is 0 Å². The molecule has 0 aliphatic carbocycles. The van der Waals surface area contributed by atoms with E-state index in [0.29, 0.717) is 0 Å². The summed E-state index contributed by atoms with van der Waals surface area (Å²) in [6.07, 6.45) is 2.05. The summed E-state index contributed by atoms with van der Waals surface area (Å²) in [5, 5.41) is 0. The zero-order chi connectivity index (χ0) is 12.4. The zero-order valence-corrected chi connectivity index (χ0v) is 11.9. The number of hydrogen-bond acceptors (Lipinski definition) is 4. The van der Waals surface area contributed by atoms with Gasteiger partial charge in [-0.3, -0.25) is 0 Å². The second-order valence-corrected chi connectivity index (χ2v) is 5.16. The van der Waals surface area contributed by atoms with E-state index in [0.717, 1.165) is 28.9 Å². The first kappa shape index (κ1) is 12.8. The summed E-state index contributed by atoms with van der Waals surface area (Å²) in [5.74, 6) is 1.01. The molecule has 2 atom stereocenters. The maximum atomic E-state index is 5.43. The van der Waals surface area contributed by atoms with Gasteiger partial charge in [-0.1, -0.05) is 0 Å². The number of halogens is 1. The van der Waals surface area contributed by atoms with E-state index in [2.05, 4.69) is 38.8 Å². The van der Waals surface area contributed by atoms with Gasteiger partial charge >= 0.3 is 0 Å². The Labute approximate surface area is 110 Å². The Bertz CT molecular complexity index is 388. The van der Waals surface area contributed by atoms with E-state index in [4.69, 9.17) is 9.47 Å². The number of methoxy groups -OCH3 is 2. The third kappa shape index (κ3) is 2.61. The molecule has 0 N–H and O–H groups in total. The molecule has 0 aromatic carbocycles. The van der Waals surface area contributed by atoms with Crippen molar-refractivity contribution in [1.82, 2.24) is 4.98 Å². The molecule has 1 fully saturated rings. The van der Waals surface area contributed by atoms with E-state index in [1.165, 1.54) is 0 Å². The van der Waals surface area contributed by atoms with E-state index < -0.39 is 0 Å². The van der Waals surface area contributed by atoms with Crippen LogP contribution in [0.15, 0.2) is 16.7 Å². The van der Waals surface area contributed by atoms with Crippen molar-refractivity contribution in [3.8, 4) is 0 Å². The van der Waals surface area contributed by atoms with E-state index >= 15 is 0 Å². The van der Waals surface area contributed by atoms with Crippen molar-refractivity contribution in [2.75, 3.05) is 32.2 Å². The van der Waals surface area contributed by atoms with Crippen LogP contribution in [0.5, 0.6) is 0 Å². The highest BCUT2D eigenvalue weighted by molar-refractivity contribution is 9.10. The van der Waals surface area contributed by atoms with Gasteiger partial charge in [-0.05, 0) is 34.5 Å². The highest BCUT2D eigenvalue weighted by atomic mass is 79.9. The predicted molar refractivity (Wildman–Crippen MR) is 70.5 cm³/mol. The molecule has 0 amide bonds. The van der Waals surface area contributed by atoms with Gasteiger partial charge in [-0.2, -0.15) is 0 Å². The first-order valence-electron chi connectivity index (χ1n) is 5.58. The highest BCUT2D eigenvalue weighted by Crippen LogP contribution is 2.26. The summed E-state index contributed by atoms with van der Waals surface area (Å²) in [5.41, 5.74) is 1.16. The van der Waals surface area contributed by atoms with Crippen LogP contribution in [0.4, 0.5) is 5.82 Å². The molecule has 1 aliphatic heterocycles. The second kappa shape index (κ2) is 5.33. The van der Waals surface area contributed by atoms with Gasteiger partial charge in [0.25, 0.3) is 0 Å². The summed E-state index contributed by atoms with van der Waals surface area (Å²) in [7, 11) is 3.45. The Hall–Kier alpha value is -0.650. The lowest BCUT2D eigenvalue weighted by Gasteiger charge is -2.19. The Morgan fingerprint density at radius 3 is 2.35 bits per heavy atom. The number of rotatable bonds is 3. The van der Waals surface area contributed by atoms with Crippen molar-refractivity contribution in [3.05, 3.63) is 22.3 Å². The molecule has 0 radical (unpaired) electrons. The van der Waals surface area contributed by atoms with Crippen LogP contribution in [0.1, 0.15) is 5.56 Å². The van der Waals surface area contributed by atoms with Gasteiger partial charge in [0, 0.05) is 38.0 Å². The summed E-state index contributed by atoms with van der Waals surface area (Å²) in [4.78, 5) is 6.68. The summed E-state index contributed by atoms with van der Waals surface area (Å²) >= 11 is 3.43. The second-order valence-electron chi connectivity index (χ2n) is 4.25. The number of pyridine rings is 1. The quantitative estimate of drug-likeness (QED) is 0.855. The fourth-order valence-electron chi connectivity index (χ4n) is 2.23. The molecule has 1 aromatic rings. The lowest BCUT2D eigenvalue weighted by molar-refractivity contribution is -0.00461. The van der Waals surface area contributed by atoms with Gasteiger partial charge in [-0.15, -0.1) is 0 Å². The SMILES string of the molecule is COC1CN(c2ncc(Br)cc2C)CC1OC. The van der Waals surface area contributed by atoms with Gasteiger partial charge in [-0.25, -0.2) is 4.98 Å². The maximum Gasteiger partial charge on any atom is 0.131 e. The van der Waals surface area contributed by atoms with E-state index in [9.17, 15) is 0 Å². The van der Waals surface area contributed by atoms with Crippen LogP contribution in [0.25, 0.3) is 0 Å². The molecule has 2 rings (SSSR count). The predicted octanol–water partition coefficient (Wildman–Crippen LogP) is 2.00. The van der Waals surface area contributed by atoms with E-state index in [-0.39, 0.29) is 12.2 Å². The van der Waals surface area contributed by atoms with Crippen LogP contribution in [-0.2, 0) is 9.47 Å². The molecule has 94 valence electrons. The summed E-state index contributed by atoms with van der Waals surface area (Å²) in [6.45, 7) is 3.71. The molecular formula is C12H17BrN2O2. The molecule has 0 bridgehead atoms. The molecule has 4 nitrogen and oxygen atoms in total. The minimum atomic E-state index is 0.116. The largest absolute Gasteiger partial charge is 0.377 e. The minimum absolute atomic E-state index is 0.116. The average Bonchev–Trinajstić information content (AvgIpc) is 2.72. The zero-order valence-electron chi connectivity index (χ0n) is 10.3. The molecule has 17 heavy (non-hydrogen) atoms. The van der Waals surface area contributed by atoms with Gasteiger partial charge in [0.2, 0.25) is 0 Å². The Kier molecular flexibility index (Phi) is 4.01. The van der Waals surface area contributed by atoms with E-state index in [1.807, 2.05) is 6.20 Å². The van der Waals surface area contributed by atoms with Crippen molar-refractivity contribution in [1.29, 1.82) is 0 Å². The fraction of sp³-hybridized carbons (Fsp3) is 0.583. The Morgan fingerprint density at radius 1 is 1.29 bits per heavy atom. The minimum Gasteiger partial charge on any atom is -0.377 e. The van der Waals surface area contributed by atoms with Gasteiger partial charge in [0.1, 0.15) is 18.0 Å². The Morgan fingerprint density at radius 2 is 1.88 bits per heavy atom. The van der Waals surface area contributed by atoms with Crippen LogP contribution < -0.4 is 4.90 Å².